The van der Waals surface area contributed by atoms with Crippen LogP contribution in [0.1, 0.15) is 20.0 Å². The molecule has 0 bridgehead atoms. The number of rotatable bonds is 7. The molecule has 182 valence electrons. The minimum absolute atomic E-state index is 0. The van der Waals surface area contributed by atoms with Gasteiger partial charge in [-0.05, 0) is 33.6 Å². The van der Waals surface area contributed by atoms with E-state index in [1.165, 1.54) is 22.7 Å². The molecule has 1 saturated heterocycles. The van der Waals surface area contributed by atoms with Crippen molar-refractivity contribution in [1.29, 1.82) is 0 Å². The zero-order chi connectivity index (χ0) is 24.0. The third-order valence-corrected chi connectivity index (χ3v) is 5.97. The summed E-state index contributed by atoms with van der Waals surface area (Å²) < 4.78 is 0. The van der Waals surface area contributed by atoms with Crippen molar-refractivity contribution in [3.8, 4) is 0 Å². The summed E-state index contributed by atoms with van der Waals surface area (Å²) in [5, 5.41) is 17.1. The SMILES string of the molecule is C.C=CC1=C(C(=O)O)N2C(=O)C(NC(=O)/C(=N\OCC)c3csc(N)n3)C2SC1.CN(C)C. The molecule has 0 aromatic carbocycles. The largest absolute Gasteiger partial charge is 0.477 e. The highest BCUT2D eigenvalue weighted by Gasteiger charge is 2.54. The average molecular weight is 499 g/mol. The van der Waals surface area contributed by atoms with Crippen molar-refractivity contribution in [3.05, 3.63) is 35.0 Å². The summed E-state index contributed by atoms with van der Waals surface area (Å²) in [5.74, 6) is -2.02. The Balaban J connectivity index is 0.00000101. The molecule has 0 spiro atoms. The number of carboxylic acid groups (broad SMARTS) is 1. The Kier molecular flexibility index (Phi) is 10.5. The van der Waals surface area contributed by atoms with Crippen LogP contribution in [0.2, 0.25) is 0 Å². The van der Waals surface area contributed by atoms with Crippen LogP contribution in [0.3, 0.4) is 0 Å². The molecular formula is C20H30N6O5S2. The number of thioether (sulfide) groups is 1. The van der Waals surface area contributed by atoms with Gasteiger partial charge in [0, 0.05) is 11.1 Å². The van der Waals surface area contributed by atoms with Crippen LogP contribution in [0.25, 0.3) is 0 Å². The van der Waals surface area contributed by atoms with Gasteiger partial charge in [0.2, 0.25) is 0 Å². The number of anilines is 1. The van der Waals surface area contributed by atoms with Crippen molar-refractivity contribution in [1.82, 2.24) is 20.1 Å². The monoisotopic (exact) mass is 498 g/mol. The highest BCUT2D eigenvalue weighted by Crippen LogP contribution is 2.40. The number of β-lactam (4-membered cyclic amide) rings is 1. The molecule has 1 aromatic heterocycles. The smallest absolute Gasteiger partial charge is 0.352 e. The number of carbonyl (C=O) groups is 3. The van der Waals surface area contributed by atoms with Crippen LogP contribution in [-0.2, 0) is 19.2 Å². The van der Waals surface area contributed by atoms with E-state index in [-0.39, 0.29) is 36.3 Å². The Bertz CT molecular complexity index is 956. The second kappa shape index (κ2) is 12.4. The molecule has 0 radical (unpaired) electrons. The van der Waals surface area contributed by atoms with E-state index in [1.54, 1.807) is 12.3 Å². The van der Waals surface area contributed by atoms with Crippen LogP contribution in [0, 0.1) is 0 Å². The zero-order valence-corrected chi connectivity index (χ0v) is 19.8. The van der Waals surface area contributed by atoms with Crippen molar-refractivity contribution in [3.63, 3.8) is 0 Å². The van der Waals surface area contributed by atoms with Gasteiger partial charge in [-0.2, -0.15) is 0 Å². The van der Waals surface area contributed by atoms with Crippen LogP contribution in [0.5, 0.6) is 0 Å². The van der Waals surface area contributed by atoms with Crippen molar-refractivity contribution < 1.29 is 24.3 Å². The topological polar surface area (TPSA) is 150 Å². The molecule has 2 atom stereocenters. The van der Waals surface area contributed by atoms with Crippen molar-refractivity contribution in [2.24, 2.45) is 5.16 Å². The first-order valence-corrected chi connectivity index (χ1v) is 11.4. The molecule has 0 saturated carbocycles. The van der Waals surface area contributed by atoms with Gasteiger partial charge in [-0.25, -0.2) is 9.78 Å². The van der Waals surface area contributed by atoms with Crippen molar-refractivity contribution in [2.45, 2.75) is 25.8 Å². The van der Waals surface area contributed by atoms with Gasteiger partial charge < -0.3 is 25.9 Å². The second-order valence-corrected chi connectivity index (χ2v) is 9.01. The number of amides is 2. The van der Waals surface area contributed by atoms with Crippen LogP contribution in [0.4, 0.5) is 5.13 Å². The molecule has 4 N–H and O–H groups in total. The van der Waals surface area contributed by atoms with Crippen molar-refractivity contribution in [2.75, 3.05) is 39.2 Å². The molecule has 11 nitrogen and oxygen atoms in total. The number of nitrogens with two attached hydrogens (primary N) is 1. The number of aliphatic carboxylic acids is 1. The third-order valence-electron chi connectivity index (χ3n) is 4.00. The maximum atomic E-state index is 12.7. The third kappa shape index (κ3) is 6.55. The number of allylic oxidation sites excluding steroid dienone is 1. The number of nitrogens with one attached hydrogen (secondary N) is 1. The normalized spacial score (nSPS) is 19.5. The molecule has 33 heavy (non-hydrogen) atoms. The van der Waals surface area contributed by atoms with Gasteiger partial charge >= 0.3 is 5.97 Å². The molecule has 2 unspecified atom stereocenters. The van der Waals surface area contributed by atoms with Gasteiger partial charge in [0.1, 0.15) is 29.4 Å². The van der Waals surface area contributed by atoms with E-state index in [1.807, 2.05) is 26.0 Å². The summed E-state index contributed by atoms with van der Waals surface area (Å²) in [6, 6.07) is -0.888. The fourth-order valence-corrected chi connectivity index (χ4v) is 4.63. The molecule has 2 amide bonds. The van der Waals surface area contributed by atoms with Gasteiger partial charge in [0.15, 0.2) is 10.8 Å². The highest BCUT2D eigenvalue weighted by molar-refractivity contribution is 8.00. The minimum Gasteiger partial charge on any atom is -0.477 e. The number of hydrogen-bond donors (Lipinski definition) is 3. The summed E-state index contributed by atoms with van der Waals surface area (Å²) in [6.45, 7) is 5.54. The lowest BCUT2D eigenvalue weighted by atomic mass is 10.0. The molecule has 3 heterocycles. The molecule has 13 heteroatoms. The summed E-state index contributed by atoms with van der Waals surface area (Å²) in [4.78, 5) is 49.0. The molecule has 2 aliphatic heterocycles. The number of oxime groups is 1. The fourth-order valence-electron chi connectivity index (χ4n) is 2.74. The lowest BCUT2D eigenvalue weighted by Crippen LogP contribution is -2.71. The number of aromatic nitrogens is 1. The Morgan fingerprint density at radius 3 is 2.61 bits per heavy atom. The van der Waals surface area contributed by atoms with E-state index in [9.17, 15) is 19.5 Å². The predicted octanol–water partition coefficient (Wildman–Crippen LogP) is 1.20. The number of hydrogen-bond acceptors (Lipinski definition) is 10. The number of nitrogen functional groups attached to an aromatic ring is 1. The van der Waals surface area contributed by atoms with Gasteiger partial charge in [-0.3, -0.25) is 14.5 Å². The van der Waals surface area contributed by atoms with E-state index in [4.69, 9.17) is 10.6 Å². The van der Waals surface area contributed by atoms with E-state index in [2.05, 4.69) is 22.0 Å². The number of carbonyl (C=O) groups excluding carboxylic acids is 2. The molecule has 0 aliphatic carbocycles. The Labute approximate surface area is 201 Å². The lowest BCUT2D eigenvalue weighted by molar-refractivity contribution is -0.150. The Morgan fingerprint density at radius 1 is 1.48 bits per heavy atom. The number of fused-ring (bicyclic) bond motifs is 1. The average Bonchev–Trinajstić information content (AvgIpc) is 3.16. The first-order chi connectivity index (χ1) is 15.1. The van der Waals surface area contributed by atoms with E-state index < -0.39 is 29.2 Å². The maximum Gasteiger partial charge on any atom is 0.352 e. The van der Waals surface area contributed by atoms with Crippen molar-refractivity contribution >= 4 is 51.7 Å². The molecule has 1 fully saturated rings. The van der Waals surface area contributed by atoms with E-state index in [0.29, 0.717) is 11.3 Å². The van der Waals surface area contributed by atoms with Gasteiger partial charge in [-0.1, -0.05) is 25.2 Å². The Hall–Kier alpha value is -2.90. The van der Waals surface area contributed by atoms with Gasteiger partial charge in [0.05, 0.1) is 0 Å². The summed E-state index contributed by atoms with van der Waals surface area (Å²) >= 11 is 2.48. The molecule has 1 aromatic rings. The maximum absolute atomic E-state index is 12.7. The zero-order valence-electron chi connectivity index (χ0n) is 18.2. The Morgan fingerprint density at radius 2 is 2.12 bits per heavy atom. The standard InChI is InChI=1S/C16H17N5O5S2.C3H9N.CH4/c1-3-7-5-27-14-10(13(23)21(14)11(7)15(24)25)19-12(22)9(20-26-4-2)8-6-28-16(17)18-8;1-4(2)3;/h3,6,10,14H,1,4-5H2,2H3,(H2,17,18)(H,19,22)(H,24,25);1-3H3;1H4/b20-9-;;. The molecule has 3 rings (SSSR count). The van der Waals surface area contributed by atoms with Crippen LogP contribution < -0.4 is 11.1 Å². The fraction of sp³-hybridized carbons (Fsp3) is 0.450. The first kappa shape index (κ1) is 28.1. The van der Waals surface area contributed by atoms with Crippen LogP contribution in [-0.4, -0.2) is 88.3 Å². The van der Waals surface area contributed by atoms with Gasteiger partial charge in [0.25, 0.3) is 11.8 Å². The minimum atomic E-state index is -1.21. The number of carboxylic acids is 1. The first-order valence-electron chi connectivity index (χ1n) is 9.48. The van der Waals surface area contributed by atoms with E-state index >= 15 is 0 Å². The lowest BCUT2D eigenvalue weighted by Gasteiger charge is -2.49. The quantitative estimate of drug-likeness (QED) is 0.286. The second-order valence-electron chi connectivity index (χ2n) is 7.01. The summed E-state index contributed by atoms with van der Waals surface area (Å²) in [7, 11) is 6.00. The number of thiazole rings is 1. The molecule has 2 aliphatic rings. The summed E-state index contributed by atoms with van der Waals surface area (Å²) in [5.41, 5.74) is 6.09. The van der Waals surface area contributed by atoms with Crippen LogP contribution >= 0.6 is 23.1 Å². The highest BCUT2D eigenvalue weighted by atomic mass is 32.2. The van der Waals surface area contributed by atoms with Crippen LogP contribution in [0.15, 0.2) is 34.5 Å². The van der Waals surface area contributed by atoms with Gasteiger partial charge in [-0.15, -0.1) is 23.1 Å². The van der Waals surface area contributed by atoms with E-state index in [0.717, 1.165) is 11.3 Å². The molecular weight excluding hydrogens is 468 g/mol. The summed E-state index contributed by atoms with van der Waals surface area (Å²) in [6.07, 6.45) is 1.42. The predicted molar refractivity (Wildman–Crippen MR) is 131 cm³/mol. The number of nitrogens with zero attached hydrogens (tertiary/aromatic N) is 4.